The van der Waals surface area contributed by atoms with Gasteiger partial charge in [-0.3, -0.25) is 9.59 Å². The quantitative estimate of drug-likeness (QED) is 0.250. The van der Waals surface area contributed by atoms with Crippen LogP contribution in [0.25, 0.3) is 11.1 Å². The molecule has 0 aromatic heterocycles. The summed E-state index contributed by atoms with van der Waals surface area (Å²) in [6, 6.07) is 10.2. The number of benzene rings is 2. The molecule has 3 rings (SSSR count). The summed E-state index contributed by atoms with van der Waals surface area (Å²) in [6.45, 7) is 1.30. The van der Waals surface area contributed by atoms with Crippen LogP contribution in [0.15, 0.2) is 72.2 Å². The number of allylic oxidation sites excluding steroid dienone is 2. The molecule has 2 aromatic carbocycles. The summed E-state index contributed by atoms with van der Waals surface area (Å²) in [4.78, 5) is 38.7. The molecule has 0 saturated heterocycles. The Hall–Kier alpha value is -4.21. The fourth-order valence-corrected chi connectivity index (χ4v) is 3.03. The molecule has 0 amide bonds. The van der Waals surface area contributed by atoms with Crippen LogP contribution in [0.3, 0.4) is 0 Å². The third-order valence-corrected chi connectivity index (χ3v) is 4.78. The van der Waals surface area contributed by atoms with Gasteiger partial charge in [-0.2, -0.15) is 0 Å². The Labute approximate surface area is 187 Å². The predicted octanol–water partition coefficient (Wildman–Crippen LogP) is 1.77. The topological polar surface area (TPSA) is 162 Å². The zero-order chi connectivity index (χ0) is 24.3. The number of phenolic OH excluding ortho intramolecular Hbond substituents is 2. The molecular weight excluding hydrogens is 432 g/mol. The van der Waals surface area contributed by atoms with Crippen molar-refractivity contribution in [3.05, 3.63) is 83.3 Å². The van der Waals surface area contributed by atoms with Crippen LogP contribution in [-0.2, 0) is 19.1 Å². The van der Waals surface area contributed by atoms with Gasteiger partial charge in [-0.25, -0.2) is 4.79 Å². The summed E-state index contributed by atoms with van der Waals surface area (Å²) in [5, 5.41) is 48.5. The van der Waals surface area contributed by atoms with Gasteiger partial charge in [0, 0.05) is 6.08 Å². The molecule has 1 aliphatic rings. The summed E-state index contributed by atoms with van der Waals surface area (Å²) < 4.78 is 5.16. The fraction of sp³-hybridized carbons (Fsp3) is 0.125. The van der Waals surface area contributed by atoms with Crippen LogP contribution in [0, 0.1) is 0 Å². The Morgan fingerprint density at radius 3 is 1.79 bits per heavy atom. The first kappa shape index (κ1) is 23.5. The third kappa shape index (κ3) is 5.00. The second-order valence-corrected chi connectivity index (χ2v) is 7.19. The minimum absolute atomic E-state index is 0.0956. The minimum atomic E-state index is -1.37. The van der Waals surface area contributed by atoms with Crippen molar-refractivity contribution in [2.75, 3.05) is 0 Å². The molecule has 0 unspecified atom stereocenters. The lowest BCUT2D eigenvalue weighted by molar-refractivity contribution is -0.136. The van der Waals surface area contributed by atoms with E-state index >= 15 is 0 Å². The fourth-order valence-electron chi connectivity index (χ4n) is 3.03. The van der Waals surface area contributed by atoms with E-state index in [1.807, 2.05) is 0 Å². The summed E-state index contributed by atoms with van der Waals surface area (Å²) in [6.07, 6.45) is -0.797. The van der Waals surface area contributed by atoms with Gasteiger partial charge in [-0.1, -0.05) is 24.3 Å². The highest BCUT2D eigenvalue weighted by atomic mass is 16.5. The van der Waals surface area contributed by atoms with Crippen molar-refractivity contribution in [2.45, 2.75) is 19.1 Å². The number of hydrogen-bond acceptors (Lipinski definition) is 9. The second kappa shape index (κ2) is 9.51. The second-order valence-electron chi connectivity index (χ2n) is 7.19. The third-order valence-electron chi connectivity index (χ3n) is 4.78. The van der Waals surface area contributed by atoms with Crippen LogP contribution in [0.1, 0.15) is 18.1 Å². The zero-order valence-electron chi connectivity index (χ0n) is 17.3. The molecule has 5 N–H and O–H groups in total. The number of rotatable bonds is 6. The first-order valence-electron chi connectivity index (χ1n) is 9.72. The van der Waals surface area contributed by atoms with Crippen LogP contribution in [0.2, 0.25) is 0 Å². The van der Waals surface area contributed by atoms with Gasteiger partial charge in [0.25, 0.3) is 0 Å². The lowest BCUT2D eigenvalue weighted by Gasteiger charge is -2.21. The van der Waals surface area contributed by atoms with E-state index in [1.165, 1.54) is 55.5 Å². The number of ether oxygens (including phenoxy) is 1. The van der Waals surface area contributed by atoms with E-state index in [2.05, 4.69) is 0 Å². The Morgan fingerprint density at radius 1 is 0.818 bits per heavy atom. The van der Waals surface area contributed by atoms with Crippen LogP contribution < -0.4 is 0 Å². The molecule has 9 nitrogen and oxygen atoms in total. The predicted molar refractivity (Wildman–Crippen MR) is 116 cm³/mol. The number of hydrogen-bond donors (Lipinski definition) is 5. The van der Waals surface area contributed by atoms with Gasteiger partial charge in [0.15, 0.2) is 11.5 Å². The van der Waals surface area contributed by atoms with E-state index in [1.54, 1.807) is 0 Å². The highest BCUT2D eigenvalue weighted by Gasteiger charge is 2.38. The molecule has 170 valence electrons. The van der Waals surface area contributed by atoms with Crippen molar-refractivity contribution < 1.29 is 44.7 Å². The van der Waals surface area contributed by atoms with Gasteiger partial charge in [0.05, 0.1) is 23.4 Å². The number of phenols is 2. The van der Waals surface area contributed by atoms with Crippen molar-refractivity contribution in [1.29, 1.82) is 0 Å². The number of carbonyl (C=O) groups is 3. The summed E-state index contributed by atoms with van der Waals surface area (Å²) >= 11 is 0. The molecule has 2 atom stereocenters. The average molecular weight is 452 g/mol. The van der Waals surface area contributed by atoms with Gasteiger partial charge in [0.2, 0.25) is 11.6 Å². The molecule has 0 spiro atoms. The van der Waals surface area contributed by atoms with Gasteiger partial charge in [-0.15, -0.1) is 0 Å². The van der Waals surface area contributed by atoms with E-state index in [0.29, 0.717) is 0 Å². The van der Waals surface area contributed by atoms with Crippen LogP contribution in [0.5, 0.6) is 11.5 Å². The lowest BCUT2D eigenvalue weighted by atomic mass is 9.86. The minimum Gasteiger partial charge on any atom is -0.508 e. The summed E-state index contributed by atoms with van der Waals surface area (Å²) in [7, 11) is 0. The van der Waals surface area contributed by atoms with Crippen molar-refractivity contribution in [2.24, 2.45) is 0 Å². The van der Waals surface area contributed by atoms with E-state index in [4.69, 9.17) is 4.74 Å². The van der Waals surface area contributed by atoms with Crippen molar-refractivity contribution in [3.63, 3.8) is 0 Å². The molecule has 0 saturated carbocycles. The number of carbonyl (C=O) groups excluding carboxylic acids is 3. The molecule has 2 aromatic rings. The van der Waals surface area contributed by atoms with Gasteiger partial charge in [-0.05, 0) is 48.4 Å². The Bertz CT molecular complexity index is 1180. The zero-order valence-corrected chi connectivity index (χ0v) is 17.3. The molecule has 0 fully saturated rings. The molecular formula is C24H20O9. The Balaban J connectivity index is 2.10. The first-order chi connectivity index (χ1) is 15.6. The lowest BCUT2D eigenvalue weighted by Crippen LogP contribution is -2.25. The number of aromatic hydroxyl groups is 2. The maximum atomic E-state index is 13.3. The number of ketones is 2. The molecule has 0 heterocycles. The molecule has 0 radical (unpaired) electrons. The average Bonchev–Trinajstić information content (AvgIpc) is 2.78. The van der Waals surface area contributed by atoms with Crippen molar-refractivity contribution >= 4 is 28.7 Å². The Kier molecular flexibility index (Phi) is 6.76. The van der Waals surface area contributed by atoms with Gasteiger partial charge in [0.1, 0.15) is 11.5 Å². The van der Waals surface area contributed by atoms with Gasteiger partial charge < -0.3 is 30.3 Å². The monoisotopic (exact) mass is 452 g/mol. The summed E-state index contributed by atoms with van der Waals surface area (Å²) in [5.74, 6) is -4.87. The number of aliphatic hydroxyl groups excluding tert-OH is 3. The Morgan fingerprint density at radius 2 is 1.30 bits per heavy atom. The van der Waals surface area contributed by atoms with Crippen LogP contribution >= 0.6 is 0 Å². The van der Waals surface area contributed by atoms with E-state index in [0.717, 1.165) is 12.2 Å². The number of aliphatic hydroxyl groups is 3. The standard InChI is InChI=1S/C24H20O9/c1-12(25)17(28)10-11-18(29)33-24-20(14-4-8-16(27)9-5-14)22(31)21(30)19(23(24)32)13-2-6-15(26)7-3-13/h2-12,17,25-28,30H,1H3/t12-,17+/m0/s1. The van der Waals surface area contributed by atoms with Crippen LogP contribution in [-0.4, -0.2) is 55.3 Å². The van der Waals surface area contributed by atoms with Crippen molar-refractivity contribution in [1.82, 2.24) is 0 Å². The summed E-state index contributed by atoms with van der Waals surface area (Å²) in [5.41, 5.74) is -0.642. The highest BCUT2D eigenvalue weighted by molar-refractivity contribution is 6.47. The highest BCUT2D eigenvalue weighted by Crippen LogP contribution is 2.36. The van der Waals surface area contributed by atoms with Crippen molar-refractivity contribution in [3.8, 4) is 11.5 Å². The molecule has 0 bridgehead atoms. The largest absolute Gasteiger partial charge is 0.508 e. The molecule has 33 heavy (non-hydrogen) atoms. The maximum absolute atomic E-state index is 13.3. The molecule has 0 aliphatic heterocycles. The maximum Gasteiger partial charge on any atom is 0.336 e. The first-order valence-corrected chi connectivity index (χ1v) is 9.72. The van der Waals surface area contributed by atoms with Gasteiger partial charge >= 0.3 is 5.97 Å². The van der Waals surface area contributed by atoms with E-state index in [-0.39, 0.29) is 22.6 Å². The van der Waals surface area contributed by atoms with E-state index in [9.17, 15) is 39.9 Å². The number of Topliss-reactive ketones (excluding diaryl/α,β-unsaturated/α-hetero) is 2. The number of esters is 1. The smallest absolute Gasteiger partial charge is 0.336 e. The molecule has 9 heteroatoms. The van der Waals surface area contributed by atoms with E-state index < -0.39 is 52.4 Å². The van der Waals surface area contributed by atoms with Crippen LogP contribution in [0.4, 0.5) is 0 Å². The normalized spacial score (nSPS) is 16.3. The SMILES string of the molecule is C[C@H](O)[C@H](O)C=CC(=O)OC1=C(c2ccc(O)cc2)C(=O)C(O)=C(c2ccc(O)cc2)C1=O. The molecule has 1 aliphatic carbocycles.